The van der Waals surface area contributed by atoms with Crippen LogP contribution in [0.5, 0.6) is 0 Å². The maximum absolute atomic E-state index is 12.1. The van der Waals surface area contributed by atoms with Crippen LogP contribution < -0.4 is 16.4 Å². The predicted molar refractivity (Wildman–Crippen MR) is 92.1 cm³/mol. The Hall–Kier alpha value is -2.24. The molecule has 0 saturated carbocycles. The lowest BCUT2D eigenvalue weighted by Crippen LogP contribution is -2.26. The molecule has 120 valence electrons. The lowest BCUT2D eigenvalue weighted by molar-refractivity contribution is 0.0954. The molecule has 0 fully saturated rings. The second kappa shape index (κ2) is 7.85. The van der Waals surface area contributed by atoms with Crippen LogP contribution in [0.4, 0.5) is 10.5 Å². The molecule has 0 saturated heterocycles. The molecule has 0 spiro atoms. The van der Waals surface area contributed by atoms with E-state index in [9.17, 15) is 9.59 Å². The van der Waals surface area contributed by atoms with Crippen LogP contribution in [-0.4, -0.2) is 18.5 Å². The van der Waals surface area contributed by atoms with Crippen LogP contribution in [-0.2, 0) is 6.42 Å². The topological polar surface area (TPSA) is 84.2 Å². The molecule has 3 amide bonds. The van der Waals surface area contributed by atoms with Gasteiger partial charge in [0.15, 0.2) is 0 Å². The number of primary amides is 1. The fourth-order valence-corrected chi connectivity index (χ4v) is 2.52. The van der Waals surface area contributed by atoms with E-state index in [0.717, 1.165) is 5.56 Å². The van der Waals surface area contributed by atoms with Gasteiger partial charge in [-0.25, -0.2) is 4.79 Å². The quantitative estimate of drug-likeness (QED) is 0.770. The number of nitrogens with one attached hydrogen (secondary N) is 2. The summed E-state index contributed by atoms with van der Waals surface area (Å²) in [6.07, 6.45) is 0.584. The molecule has 7 heteroatoms. The van der Waals surface area contributed by atoms with Crippen molar-refractivity contribution >= 4 is 40.8 Å². The van der Waals surface area contributed by atoms with Gasteiger partial charge in [0.1, 0.15) is 0 Å². The monoisotopic (exact) mass is 351 g/mol. The second-order valence-electron chi connectivity index (χ2n) is 4.81. The number of rotatable bonds is 5. The summed E-state index contributed by atoms with van der Waals surface area (Å²) in [6, 6.07) is 11.1. The number of benzene rings is 2. The number of hydrogen-bond acceptors (Lipinski definition) is 2. The van der Waals surface area contributed by atoms with Crippen molar-refractivity contribution in [3.05, 3.63) is 63.6 Å². The highest BCUT2D eigenvalue weighted by molar-refractivity contribution is 6.35. The Morgan fingerprint density at radius 3 is 2.57 bits per heavy atom. The number of halogens is 2. The molecule has 4 N–H and O–H groups in total. The summed E-state index contributed by atoms with van der Waals surface area (Å²) in [6.45, 7) is 0.424. The number of urea groups is 1. The molecule has 2 rings (SSSR count). The van der Waals surface area contributed by atoms with E-state index in [-0.39, 0.29) is 5.91 Å². The zero-order valence-corrected chi connectivity index (χ0v) is 13.6. The number of nitrogens with two attached hydrogens (primary N) is 1. The summed E-state index contributed by atoms with van der Waals surface area (Å²) in [5.74, 6) is -0.247. The summed E-state index contributed by atoms with van der Waals surface area (Å²) in [5.41, 5.74) is 6.84. The smallest absolute Gasteiger partial charge is 0.316 e. The first-order chi connectivity index (χ1) is 11.0. The van der Waals surface area contributed by atoms with Crippen molar-refractivity contribution in [2.24, 2.45) is 5.73 Å². The van der Waals surface area contributed by atoms with E-state index in [1.54, 1.807) is 36.4 Å². The highest BCUT2D eigenvalue weighted by Gasteiger charge is 2.07. The zero-order valence-electron chi connectivity index (χ0n) is 12.1. The SMILES string of the molecule is NC(=O)Nc1cccc(C(=O)NCCc2ccc(Cl)cc2Cl)c1. The maximum atomic E-state index is 12.1. The first kappa shape index (κ1) is 17.1. The molecule has 2 aromatic carbocycles. The number of anilines is 1. The minimum Gasteiger partial charge on any atom is -0.352 e. The standard InChI is InChI=1S/C16H15Cl2N3O2/c17-12-5-4-10(14(18)9-12)6-7-20-15(22)11-2-1-3-13(8-11)21-16(19)23/h1-5,8-9H,6-7H2,(H,20,22)(H3,19,21,23). The number of carbonyl (C=O) groups is 2. The number of hydrogen-bond donors (Lipinski definition) is 3. The van der Waals surface area contributed by atoms with Crippen LogP contribution in [0, 0.1) is 0 Å². The van der Waals surface area contributed by atoms with Crippen molar-refractivity contribution in [1.29, 1.82) is 0 Å². The molecule has 5 nitrogen and oxygen atoms in total. The predicted octanol–water partition coefficient (Wildman–Crippen LogP) is 3.46. The lowest BCUT2D eigenvalue weighted by atomic mass is 10.1. The van der Waals surface area contributed by atoms with Crippen molar-refractivity contribution in [2.45, 2.75) is 6.42 Å². The highest BCUT2D eigenvalue weighted by Crippen LogP contribution is 2.21. The Morgan fingerprint density at radius 1 is 1.09 bits per heavy atom. The third-order valence-corrected chi connectivity index (χ3v) is 3.67. The van der Waals surface area contributed by atoms with Gasteiger partial charge in [-0.2, -0.15) is 0 Å². The normalized spacial score (nSPS) is 10.2. The Labute approximate surface area is 143 Å². The molecule has 0 aliphatic heterocycles. The molecular formula is C16H15Cl2N3O2. The van der Waals surface area contributed by atoms with Gasteiger partial charge in [0, 0.05) is 27.8 Å². The van der Waals surface area contributed by atoms with Crippen LogP contribution in [0.3, 0.4) is 0 Å². The van der Waals surface area contributed by atoms with Crippen LogP contribution in [0.15, 0.2) is 42.5 Å². The highest BCUT2D eigenvalue weighted by atomic mass is 35.5. The fraction of sp³-hybridized carbons (Fsp3) is 0.125. The average molecular weight is 352 g/mol. The zero-order chi connectivity index (χ0) is 16.8. The van der Waals surface area contributed by atoms with Crippen molar-refractivity contribution in [1.82, 2.24) is 5.32 Å². The number of amides is 3. The van der Waals surface area contributed by atoms with Gasteiger partial charge in [-0.3, -0.25) is 4.79 Å². The third kappa shape index (κ3) is 5.16. The van der Waals surface area contributed by atoms with Gasteiger partial charge in [-0.1, -0.05) is 35.3 Å². The van der Waals surface area contributed by atoms with Gasteiger partial charge in [0.2, 0.25) is 0 Å². The van der Waals surface area contributed by atoms with E-state index in [1.165, 1.54) is 0 Å². The van der Waals surface area contributed by atoms with Crippen LogP contribution >= 0.6 is 23.2 Å². The van der Waals surface area contributed by atoms with Gasteiger partial charge in [0.05, 0.1) is 0 Å². The Balaban J connectivity index is 1.93. The second-order valence-corrected chi connectivity index (χ2v) is 5.66. The van der Waals surface area contributed by atoms with Crippen molar-refractivity contribution < 1.29 is 9.59 Å². The molecule has 0 aliphatic carbocycles. The summed E-state index contributed by atoms with van der Waals surface area (Å²) in [5, 5.41) is 6.36. The van der Waals surface area contributed by atoms with Crippen molar-refractivity contribution in [2.75, 3.05) is 11.9 Å². The first-order valence-electron chi connectivity index (χ1n) is 6.84. The molecule has 0 aromatic heterocycles. The largest absolute Gasteiger partial charge is 0.352 e. The van der Waals surface area contributed by atoms with E-state index in [4.69, 9.17) is 28.9 Å². The molecule has 2 aromatic rings. The van der Waals surface area contributed by atoms with Crippen LogP contribution in [0.25, 0.3) is 0 Å². The van der Waals surface area contributed by atoms with Gasteiger partial charge < -0.3 is 16.4 Å². The Kier molecular flexibility index (Phi) is 5.84. The molecule has 0 aliphatic rings. The molecule has 23 heavy (non-hydrogen) atoms. The third-order valence-electron chi connectivity index (χ3n) is 3.09. The molecule has 0 atom stereocenters. The number of carbonyl (C=O) groups excluding carboxylic acids is 2. The average Bonchev–Trinajstić information content (AvgIpc) is 2.49. The van der Waals surface area contributed by atoms with Gasteiger partial charge in [-0.05, 0) is 42.3 Å². The van der Waals surface area contributed by atoms with Gasteiger partial charge in [-0.15, -0.1) is 0 Å². The van der Waals surface area contributed by atoms with Crippen molar-refractivity contribution in [3.63, 3.8) is 0 Å². The summed E-state index contributed by atoms with van der Waals surface area (Å²) >= 11 is 11.9. The minimum absolute atomic E-state index is 0.247. The Bertz CT molecular complexity index is 735. The lowest BCUT2D eigenvalue weighted by Gasteiger charge is -2.08. The summed E-state index contributed by atoms with van der Waals surface area (Å²) < 4.78 is 0. The fourth-order valence-electron chi connectivity index (χ4n) is 2.02. The van der Waals surface area contributed by atoms with E-state index >= 15 is 0 Å². The van der Waals surface area contributed by atoms with E-state index in [1.807, 2.05) is 6.07 Å². The van der Waals surface area contributed by atoms with Crippen LogP contribution in [0.2, 0.25) is 10.0 Å². The van der Waals surface area contributed by atoms with Gasteiger partial charge in [0.25, 0.3) is 5.91 Å². The Morgan fingerprint density at radius 2 is 1.87 bits per heavy atom. The van der Waals surface area contributed by atoms with Gasteiger partial charge >= 0.3 is 6.03 Å². The molecule has 0 unspecified atom stereocenters. The summed E-state index contributed by atoms with van der Waals surface area (Å²) in [4.78, 5) is 22.9. The molecular weight excluding hydrogens is 337 g/mol. The minimum atomic E-state index is -0.681. The maximum Gasteiger partial charge on any atom is 0.316 e. The molecule has 0 heterocycles. The summed E-state index contributed by atoms with van der Waals surface area (Å²) in [7, 11) is 0. The van der Waals surface area contributed by atoms with Crippen molar-refractivity contribution in [3.8, 4) is 0 Å². The molecule has 0 radical (unpaired) electrons. The molecule has 0 bridgehead atoms. The first-order valence-corrected chi connectivity index (χ1v) is 7.60. The van der Waals surface area contributed by atoms with E-state index in [2.05, 4.69) is 10.6 Å². The van der Waals surface area contributed by atoms with E-state index < -0.39 is 6.03 Å². The van der Waals surface area contributed by atoms with E-state index in [0.29, 0.717) is 34.3 Å². The van der Waals surface area contributed by atoms with Crippen LogP contribution in [0.1, 0.15) is 15.9 Å².